The van der Waals surface area contributed by atoms with Crippen LogP contribution in [0.25, 0.3) is 0 Å². The average molecular weight is 270 g/mol. The van der Waals surface area contributed by atoms with Crippen molar-refractivity contribution >= 4 is 12.0 Å². The lowest BCUT2D eigenvalue weighted by atomic mass is 9.67. The van der Waals surface area contributed by atoms with Gasteiger partial charge in [0.1, 0.15) is 0 Å². The van der Waals surface area contributed by atoms with Crippen molar-refractivity contribution in [2.75, 3.05) is 13.1 Å². The molecule has 1 aliphatic rings. The van der Waals surface area contributed by atoms with Crippen LogP contribution >= 0.6 is 0 Å². The quantitative estimate of drug-likeness (QED) is 0.633. The number of carboxylic acid groups (broad SMARTS) is 1. The molecule has 1 unspecified atom stereocenters. The van der Waals surface area contributed by atoms with Crippen LogP contribution in [0.15, 0.2) is 0 Å². The number of carboxylic acids is 1. The number of hydrogen-bond donors (Lipinski definition) is 3. The third kappa shape index (κ3) is 5.49. The lowest BCUT2D eigenvalue weighted by Crippen LogP contribution is -2.46. The van der Waals surface area contributed by atoms with Crippen molar-refractivity contribution in [3.63, 3.8) is 0 Å². The highest BCUT2D eigenvalue weighted by molar-refractivity contribution is 5.73. The maximum Gasteiger partial charge on any atom is 0.314 e. The van der Waals surface area contributed by atoms with Gasteiger partial charge in [0.25, 0.3) is 0 Å². The summed E-state index contributed by atoms with van der Waals surface area (Å²) in [5, 5.41) is 14.3. The van der Waals surface area contributed by atoms with E-state index in [1.807, 2.05) is 6.92 Å². The SMILES string of the molecule is CCC1(CNC(=O)NCC(C)CCC(=O)O)CCC1. The molecule has 3 N–H and O–H groups in total. The van der Waals surface area contributed by atoms with E-state index >= 15 is 0 Å². The Hall–Kier alpha value is -1.26. The molecule has 0 saturated heterocycles. The summed E-state index contributed by atoms with van der Waals surface area (Å²) < 4.78 is 0. The van der Waals surface area contributed by atoms with Gasteiger partial charge in [0.15, 0.2) is 0 Å². The zero-order valence-electron chi connectivity index (χ0n) is 12.0. The summed E-state index contributed by atoms with van der Waals surface area (Å²) in [5.41, 5.74) is 0.326. The van der Waals surface area contributed by atoms with Crippen LogP contribution in [0.2, 0.25) is 0 Å². The molecule has 5 nitrogen and oxygen atoms in total. The number of amides is 2. The van der Waals surface area contributed by atoms with E-state index in [1.54, 1.807) is 0 Å². The van der Waals surface area contributed by atoms with E-state index in [0.717, 1.165) is 13.0 Å². The lowest BCUT2D eigenvalue weighted by Gasteiger charge is -2.41. The first-order valence-electron chi connectivity index (χ1n) is 7.21. The fourth-order valence-corrected chi connectivity index (χ4v) is 2.40. The molecule has 0 spiro atoms. The molecule has 1 aliphatic carbocycles. The Morgan fingerprint density at radius 1 is 1.32 bits per heavy atom. The monoisotopic (exact) mass is 270 g/mol. The van der Waals surface area contributed by atoms with Gasteiger partial charge in [0.2, 0.25) is 0 Å². The molecule has 0 aromatic heterocycles. The summed E-state index contributed by atoms with van der Waals surface area (Å²) in [6, 6.07) is -0.137. The molecule has 0 bridgehead atoms. The van der Waals surface area contributed by atoms with Crippen molar-refractivity contribution in [1.82, 2.24) is 10.6 Å². The van der Waals surface area contributed by atoms with Crippen molar-refractivity contribution in [3.05, 3.63) is 0 Å². The Morgan fingerprint density at radius 2 is 2.00 bits per heavy atom. The number of hydrogen-bond acceptors (Lipinski definition) is 2. The maximum absolute atomic E-state index is 11.6. The van der Waals surface area contributed by atoms with Crippen molar-refractivity contribution in [2.45, 2.75) is 52.4 Å². The molecular formula is C14H26N2O3. The van der Waals surface area contributed by atoms with Gasteiger partial charge in [0.05, 0.1) is 0 Å². The van der Waals surface area contributed by atoms with Gasteiger partial charge in [-0.05, 0) is 37.0 Å². The molecule has 0 radical (unpaired) electrons. The molecule has 1 rings (SSSR count). The summed E-state index contributed by atoms with van der Waals surface area (Å²) in [7, 11) is 0. The van der Waals surface area contributed by atoms with E-state index in [2.05, 4.69) is 17.6 Å². The Bertz CT molecular complexity index is 308. The van der Waals surface area contributed by atoms with E-state index in [0.29, 0.717) is 18.4 Å². The van der Waals surface area contributed by atoms with Gasteiger partial charge in [-0.25, -0.2) is 4.79 Å². The first-order valence-corrected chi connectivity index (χ1v) is 7.21. The largest absolute Gasteiger partial charge is 0.481 e. The van der Waals surface area contributed by atoms with Crippen molar-refractivity contribution in [3.8, 4) is 0 Å². The van der Waals surface area contributed by atoms with Crippen molar-refractivity contribution in [2.24, 2.45) is 11.3 Å². The van der Waals surface area contributed by atoms with Gasteiger partial charge in [-0.15, -0.1) is 0 Å². The van der Waals surface area contributed by atoms with Crippen LogP contribution in [0.1, 0.15) is 52.4 Å². The number of carbonyl (C=O) groups excluding carboxylic acids is 1. The number of aliphatic carboxylic acids is 1. The van der Waals surface area contributed by atoms with Crippen molar-refractivity contribution < 1.29 is 14.7 Å². The third-order valence-electron chi connectivity index (χ3n) is 4.25. The van der Waals surface area contributed by atoms with Crippen LogP contribution in [0, 0.1) is 11.3 Å². The smallest absolute Gasteiger partial charge is 0.314 e. The number of nitrogens with one attached hydrogen (secondary N) is 2. The minimum atomic E-state index is -0.786. The highest BCUT2D eigenvalue weighted by Gasteiger charge is 2.35. The summed E-state index contributed by atoms with van der Waals surface area (Å²) in [5.74, 6) is -0.600. The molecule has 0 heterocycles. The normalized spacial score (nSPS) is 18.2. The van der Waals surface area contributed by atoms with Crippen LogP contribution in [-0.4, -0.2) is 30.2 Å². The fraction of sp³-hybridized carbons (Fsp3) is 0.857. The zero-order chi connectivity index (χ0) is 14.3. The second-order valence-electron chi connectivity index (χ2n) is 5.81. The predicted octanol–water partition coefficient (Wildman–Crippen LogP) is 2.37. The summed E-state index contributed by atoms with van der Waals surface area (Å²) in [6.45, 7) is 5.40. The Balaban J connectivity index is 2.12. The summed E-state index contributed by atoms with van der Waals surface area (Å²) >= 11 is 0. The lowest BCUT2D eigenvalue weighted by molar-refractivity contribution is -0.137. The number of carbonyl (C=O) groups is 2. The predicted molar refractivity (Wildman–Crippen MR) is 74.0 cm³/mol. The number of urea groups is 1. The van der Waals surface area contributed by atoms with Crippen LogP contribution in [-0.2, 0) is 4.79 Å². The Morgan fingerprint density at radius 3 is 2.47 bits per heavy atom. The fourth-order valence-electron chi connectivity index (χ4n) is 2.40. The van der Waals surface area contributed by atoms with Crippen LogP contribution in [0.5, 0.6) is 0 Å². The van der Waals surface area contributed by atoms with E-state index < -0.39 is 5.97 Å². The summed E-state index contributed by atoms with van der Waals surface area (Å²) in [6.07, 6.45) is 5.54. The van der Waals surface area contributed by atoms with Gasteiger partial charge in [-0.2, -0.15) is 0 Å². The van der Waals surface area contributed by atoms with Gasteiger partial charge in [-0.3, -0.25) is 4.79 Å². The number of rotatable bonds is 8. The van der Waals surface area contributed by atoms with Crippen LogP contribution in [0.4, 0.5) is 4.79 Å². The maximum atomic E-state index is 11.6. The first kappa shape index (κ1) is 15.8. The molecule has 0 aromatic rings. The van der Waals surface area contributed by atoms with Crippen LogP contribution in [0.3, 0.4) is 0 Å². The standard InChI is InChI=1S/C14H26N2O3/c1-3-14(7-4-8-14)10-16-13(19)15-9-11(2)5-6-12(17)18/h11H,3-10H2,1-2H3,(H,17,18)(H2,15,16,19). The second-order valence-corrected chi connectivity index (χ2v) is 5.81. The summed E-state index contributed by atoms with van der Waals surface area (Å²) in [4.78, 5) is 22.1. The molecule has 5 heteroatoms. The van der Waals surface area contributed by atoms with E-state index in [1.165, 1.54) is 19.3 Å². The molecule has 19 heavy (non-hydrogen) atoms. The Labute approximate surface area is 115 Å². The van der Waals surface area contributed by atoms with Gasteiger partial charge < -0.3 is 15.7 Å². The molecule has 0 aromatic carbocycles. The minimum Gasteiger partial charge on any atom is -0.481 e. The topological polar surface area (TPSA) is 78.4 Å². The molecular weight excluding hydrogens is 244 g/mol. The first-order chi connectivity index (χ1) is 8.97. The molecule has 0 aliphatic heterocycles. The molecule has 1 fully saturated rings. The van der Waals surface area contributed by atoms with E-state index in [9.17, 15) is 9.59 Å². The molecule has 1 atom stereocenters. The van der Waals surface area contributed by atoms with Crippen molar-refractivity contribution in [1.29, 1.82) is 0 Å². The molecule has 110 valence electrons. The third-order valence-corrected chi connectivity index (χ3v) is 4.25. The molecule has 1 saturated carbocycles. The highest BCUT2D eigenvalue weighted by Crippen LogP contribution is 2.42. The minimum absolute atomic E-state index is 0.137. The Kier molecular flexibility index (Phi) is 6.12. The van der Waals surface area contributed by atoms with E-state index in [4.69, 9.17) is 5.11 Å². The highest BCUT2D eigenvalue weighted by atomic mass is 16.4. The van der Waals surface area contributed by atoms with Crippen LogP contribution < -0.4 is 10.6 Å². The average Bonchev–Trinajstić information content (AvgIpc) is 2.33. The molecule has 2 amide bonds. The van der Waals surface area contributed by atoms with E-state index in [-0.39, 0.29) is 18.4 Å². The van der Waals surface area contributed by atoms with Gasteiger partial charge in [0, 0.05) is 19.5 Å². The second kappa shape index (κ2) is 7.36. The van der Waals surface area contributed by atoms with Gasteiger partial charge >= 0.3 is 12.0 Å². The van der Waals surface area contributed by atoms with Gasteiger partial charge in [-0.1, -0.05) is 20.3 Å². The zero-order valence-corrected chi connectivity index (χ0v) is 12.0.